The standard InChI is InChI=1S/C21H28FN3O2/c1-15(16-9-11-18(22)12-10-16)25(4)21(26)23-14-20(24(2)3)17-7-6-8-19(13-17)27-5/h6-13,15,20H,14H2,1-5H3,(H,23,26). The number of hydrogen-bond donors (Lipinski definition) is 1. The summed E-state index contributed by atoms with van der Waals surface area (Å²) in [6.45, 7) is 2.37. The minimum atomic E-state index is -0.287. The van der Waals surface area contributed by atoms with Crippen molar-refractivity contribution in [1.82, 2.24) is 15.1 Å². The van der Waals surface area contributed by atoms with Gasteiger partial charge in [0.25, 0.3) is 0 Å². The molecular formula is C21H28FN3O2. The van der Waals surface area contributed by atoms with E-state index >= 15 is 0 Å². The van der Waals surface area contributed by atoms with E-state index in [4.69, 9.17) is 4.74 Å². The highest BCUT2D eigenvalue weighted by Gasteiger charge is 2.20. The molecule has 0 aromatic heterocycles. The zero-order chi connectivity index (χ0) is 20.0. The summed E-state index contributed by atoms with van der Waals surface area (Å²) in [4.78, 5) is 16.3. The molecule has 146 valence electrons. The first kappa shape index (κ1) is 20.7. The van der Waals surface area contributed by atoms with Crippen LogP contribution in [0.15, 0.2) is 48.5 Å². The second-order valence-electron chi connectivity index (χ2n) is 6.78. The molecule has 0 aliphatic heterocycles. The molecule has 6 heteroatoms. The number of halogens is 1. The molecule has 0 radical (unpaired) electrons. The minimum absolute atomic E-state index is 0.0126. The number of urea groups is 1. The molecule has 0 heterocycles. The number of nitrogens with one attached hydrogen (secondary N) is 1. The molecular weight excluding hydrogens is 345 g/mol. The summed E-state index contributed by atoms with van der Waals surface area (Å²) in [6.07, 6.45) is 0. The number of amides is 2. The predicted molar refractivity (Wildman–Crippen MR) is 105 cm³/mol. The van der Waals surface area contributed by atoms with Crippen molar-refractivity contribution in [3.05, 3.63) is 65.5 Å². The highest BCUT2D eigenvalue weighted by molar-refractivity contribution is 5.74. The summed E-state index contributed by atoms with van der Waals surface area (Å²) in [5, 5.41) is 2.99. The second kappa shape index (κ2) is 9.37. The van der Waals surface area contributed by atoms with Crippen molar-refractivity contribution < 1.29 is 13.9 Å². The van der Waals surface area contributed by atoms with Crippen molar-refractivity contribution in [1.29, 1.82) is 0 Å². The van der Waals surface area contributed by atoms with E-state index in [-0.39, 0.29) is 23.9 Å². The largest absolute Gasteiger partial charge is 0.497 e. The number of carbonyl (C=O) groups excluding carboxylic acids is 1. The molecule has 5 nitrogen and oxygen atoms in total. The van der Waals surface area contributed by atoms with E-state index in [1.807, 2.05) is 45.3 Å². The lowest BCUT2D eigenvalue weighted by Gasteiger charge is -2.29. The average Bonchev–Trinajstić information content (AvgIpc) is 2.67. The van der Waals surface area contributed by atoms with Crippen LogP contribution in [0.25, 0.3) is 0 Å². The monoisotopic (exact) mass is 373 g/mol. The first-order valence-corrected chi connectivity index (χ1v) is 8.90. The summed E-state index contributed by atoms with van der Waals surface area (Å²) in [6, 6.07) is 13.7. The normalized spacial score (nSPS) is 13.1. The van der Waals surface area contributed by atoms with Gasteiger partial charge in [-0.15, -0.1) is 0 Å². The summed E-state index contributed by atoms with van der Waals surface area (Å²) < 4.78 is 18.4. The van der Waals surface area contributed by atoms with Gasteiger partial charge in [0.15, 0.2) is 0 Å². The van der Waals surface area contributed by atoms with Crippen LogP contribution in [-0.4, -0.2) is 50.6 Å². The van der Waals surface area contributed by atoms with Crippen LogP contribution in [0.4, 0.5) is 9.18 Å². The van der Waals surface area contributed by atoms with Gasteiger partial charge in [-0.3, -0.25) is 0 Å². The lowest BCUT2D eigenvalue weighted by atomic mass is 10.1. The third-order valence-electron chi connectivity index (χ3n) is 4.80. The number of likely N-dealkylation sites (N-methyl/N-ethyl adjacent to an activating group) is 1. The molecule has 0 aliphatic rings. The number of ether oxygens (including phenoxy) is 1. The molecule has 2 atom stereocenters. The molecule has 0 saturated carbocycles. The molecule has 2 unspecified atom stereocenters. The van der Waals surface area contributed by atoms with E-state index in [1.54, 1.807) is 31.2 Å². The fraction of sp³-hybridized carbons (Fsp3) is 0.381. The summed E-state index contributed by atoms with van der Waals surface area (Å²) >= 11 is 0. The van der Waals surface area contributed by atoms with Crippen LogP contribution in [-0.2, 0) is 0 Å². The van der Waals surface area contributed by atoms with Gasteiger partial charge in [0.2, 0.25) is 0 Å². The van der Waals surface area contributed by atoms with Gasteiger partial charge < -0.3 is 19.9 Å². The van der Waals surface area contributed by atoms with Crippen LogP contribution in [0, 0.1) is 5.82 Å². The van der Waals surface area contributed by atoms with Crippen LogP contribution < -0.4 is 10.1 Å². The maximum atomic E-state index is 13.1. The van der Waals surface area contributed by atoms with Gasteiger partial charge in [-0.1, -0.05) is 24.3 Å². The Morgan fingerprint density at radius 1 is 1.11 bits per heavy atom. The fourth-order valence-electron chi connectivity index (χ4n) is 2.90. The number of benzene rings is 2. The van der Waals surface area contributed by atoms with Gasteiger partial charge in [0.1, 0.15) is 11.6 Å². The first-order chi connectivity index (χ1) is 12.8. The third kappa shape index (κ3) is 5.44. The molecule has 0 spiro atoms. The van der Waals surface area contributed by atoms with E-state index in [2.05, 4.69) is 10.2 Å². The number of rotatable bonds is 7. The molecule has 0 fully saturated rings. The van der Waals surface area contributed by atoms with Crippen molar-refractivity contribution >= 4 is 6.03 Å². The molecule has 2 aromatic rings. The second-order valence-corrected chi connectivity index (χ2v) is 6.78. The third-order valence-corrected chi connectivity index (χ3v) is 4.80. The van der Waals surface area contributed by atoms with Gasteiger partial charge >= 0.3 is 6.03 Å². The Bertz CT molecular complexity index is 749. The SMILES string of the molecule is COc1cccc(C(CNC(=O)N(C)C(C)c2ccc(F)cc2)N(C)C)c1. The zero-order valence-electron chi connectivity index (χ0n) is 16.6. The molecule has 0 aliphatic carbocycles. The van der Waals surface area contributed by atoms with Crippen molar-refractivity contribution in [2.24, 2.45) is 0 Å². The van der Waals surface area contributed by atoms with Crippen molar-refractivity contribution in [2.45, 2.75) is 19.0 Å². The van der Waals surface area contributed by atoms with Gasteiger partial charge in [-0.05, 0) is 56.4 Å². The van der Waals surface area contributed by atoms with E-state index < -0.39 is 0 Å². The highest BCUT2D eigenvalue weighted by atomic mass is 19.1. The first-order valence-electron chi connectivity index (χ1n) is 8.90. The lowest BCUT2D eigenvalue weighted by molar-refractivity contribution is 0.189. The predicted octanol–water partition coefficient (Wildman–Crippen LogP) is 3.84. The van der Waals surface area contributed by atoms with Crippen LogP contribution in [0.1, 0.15) is 30.1 Å². The number of nitrogens with zero attached hydrogens (tertiary/aromatic N) is 2. The van der Waals surface area contributed by atoms with Gasteiger partial charge in [0.05, 0.1) is 19.2 Å². The number of carbonyl (C=O) groups is 1. The lowest BCUT2D eigenvalue weighted by Crippen LogP contribution is -2.42. The van der Waals surface area contributed by atoms with Gasteiger partial charge in [-0.25, -0.2) is 9.18 Å². The Labute approximate surface area is 160 Å². The molecule has 0 bridgehead atoms. The van der Waals surface area contributed by atoms with Crippen LogP contribution in [0.3, 0.4) is 0 Å². The molecule has 0 saturated heterocycles. The van der Waals surface area contributed by atoms with Gasteiger partial charge in [-0.2, -0.15) is 0 Å². The smallest absolute Gasteiger partial charge is 0.317 e. The van der Waals surface area contributed by atoms with E-state index in [9.17, 15) is 9.18 Å². The Hall–Kier alpha value is -2.60. The molecule has 2 rings (SSSR count). The maximum absolute atomic E-state index is 13.1. The van der Waals surface area contributed by atoms with E-state index in [0.29, 0.717) is 6.54 Å². The number of hydrogen-bond acceptors (Lipinski definition) is 3. The maximum Gasteiger partial charge on any atom is 0.317 e. The van der Waals surface area contributed by atoms with Crippen molar-refractivity contribution in [2.75, 3.05) is 34.8 Å². The van der Waals surface area contributed by atoms with Crippen LogP contribution >= 0.6 is 0 Å². The van der Waals surface area contributed by atoms with E-state index in [1.165, 1.54) is 12.1 Å². The number of methoxy groups -OCH3 is 1. The Morgan fingerprint density at radius 3 is 2.37 bits per heavy atom. The molecule has 27 heavy (non-hydrogen) atoms. The average molecular weight is 373 g/mol. The summed E-state index contributed by atoms with van der Waals surface area (Å²) in [5.41, 5.74) is 1.94. The molecule has 2 amide bonds. The highest BCUT2D eigenvalue weighted by Crippen LogP contribution is 2.23. The summed E-state index contributed by atoms with van der Waals surface area (Å²) in [5.74, 6) is 0.498. The molecule has 1 N–H and O–H groups in total. The summed E-state index contributed by atoms with van der Waals surface area (Å²) in [7, 11) is 7.32. The van der Waals surface area contributed by atoms with Crippen LogP contribution in [0.5, 0.6) is 5.75 Å². The van der Waals surface area contributed by atoms with E-state index in [0.717, 1.165) is 16.9 Å². The van der Waals surface area contributed by atoms with Crippen LogP contribution in [0.2, 0.25) is 0 Å². The minimum Gasteiger partial charge on any atom is -0.497 e. The quantitative estimate of drug-likeness (QED) is 0.802. The topological polar surface area (TPSA) is 44.8 Å². The molecule has 2 aromatic carbocycles. The zero-order valence-corrected chi connectivity index (χ0v) is 16.6. The fourth-order valence-corrected chi connectivity index (χ4v) is 2.90. The Morgan fingerprint density at radius 2 is 1.78 bits per heavy atom. The van der Waals surface area contributed by atoms with Crippen molar-refractivity contribution in [3.63, 3.8) is 0 Å². The van der Waals surface area contributed by atoms with Crippen molar-refractivity contribution in [3.8, 4) is 5.75 Å². The Kier molecular flexibility index (Phi) is 7.19. The Balaban J connectivity index is 2.03. The van der Waals surface area contributed by atoms with Gasteiger partial charge in [0, 0.05) is 13.6 Å².